The largest absolute Gasteiger partial charge is 0.364 e. The van der Waals surface area contributed by atoms with Crippen molar-refractivity contribution in [3.05, 3.63) is 16.2 Å². The molecule has 0 unspecified atom stereocenters. The molecule has 0 atom stereocenters. The van der Waals surface area contributed by atoms with Crippen LogP contribution in [0.1, 0.15) is 33.3 Å². The minimum atomic E-state index is -0.0407. The lowest BCUT2D eigenvalue weighted by atomic mass is 10.1. The van der Waals surface area contributed by atoms with Crippen LogP contribution in [0.3, 0.4) is 0 Å². The molecule has 0 aliphatic rings. The molecule has 2 aromatic heterocycles. The van der Waals surface area contributed by atoms with Gasteiger partial charge in [0.1, 0.15) is 5.82 Å². The summed E-state index contributed by atoms with van der Waals surface area (Å²) in [4.78, 5) is 8.61. The third-order valence-electron chi connectivity index (χ3n) is 2.34. The summed E-state index contributed by atoms with van der Waals surface area (Å²) in [5.74, 6) is 0.831. The van der Waals surface area contributed by atoms with Crippen LogP contribution in [-0.4, -0.2) is 15.5 Å². The average molecular weight is 270 g/mol. The summed E-state index contributed by atoms with van der Waals surface area (Å²) in [6, 6.07) is 0. The van der Waals surface area contributed by atoms with Crippen LogP contribution in [0.15, 0.2) is 5.38 Å². The highest BCUT2D eigenvalue weighted by atomic mass is 35.5. The summed E-state index contributed by atoms with van der Waals surface area (Å²) in [6.45, 7) is 8.42. The molecule has 0 spiro atoms. The SMILES string of the molecule is CCc1csc2c(NC(C)(C)C)nc(Cl)nc12. The molecule has 2 rings (SSSR count). The Morgan fingerprint density at radius 2 is 2.06 bits per heavy atom. The Kier molecular flexibility index (Phi) is 3.27. The van der Waals surface area contributed by atoms with E-state index < -0.39 is 0 Å². The molecule has 3 nitrogen and oxygen atoms in total. The van der Waals surface area contributed by atoms with Gasteiger partial charge >= 0.3 is 0 Å². The van der Waals surface area contributed by atoms with E-state index in [4.69, 9.17) is 11.6 Å². The lowest BCUT2D eigenvalue weighted by molar-refractivity contribution is 0.631. The van der Waals surface area contributed by atoms with Crippen molar-refractivity contribution < 1.29 is 0 Å². The summed E-state index contributed by atoms with van der Waals surface area (Å²) in [5, 5.41) is 5.81. The van der Waals surface area contributed by atoms with Gasteiger partial charge in [-0.2, -0.15) is 4.98 Å². The molecule has 0 saturated heterocycles. The minimum absolute atomic E-state index is 0.0407. The molecular weight excluding hydrogens is 254 g/mol. The molecule has 0 aliphatic carbocycles. The van der Waals surface area contributed by atoms with Gasteiger partial charge in [-0.15, -0.1) is 11.3 Å². The van der Waals surface area contributed by atoms with Gasteiger partial charge in [0, 0.05) is 5.54 Å². The lowest BCUT2D eigenvalue weighted by Gasteiger charge is -2.21. The number of thiophene rings is 1. The van der Waals surface area contributed by atoms with Crippen LogP contribution in [0.25, 0.3) is 10.2 Å². The predicted octanol–water partition coefficient (Wildman–Crippen LogP) is 4.12. The molecule has 0 amide bonds. The molecule has 17 heavy (non-hydrogen) atoms. The maximum Gasteiger partial charge on any atom is 0.224 e. The van der Waals surface area contributed by atoms with E-state index in [2.05, 4.69) is 48.4 Å². The van der Waals surface area contributed by atoms with Crippen molar-refractivity contribution in [2.24, 2.45) is 0 Å². The first-order valence-electron chi connectivity index (χ1n) is 5.62. The second-order valence-electron chi connectivity index (χ2n) is 5.01. The van der Waals surface area contributed by atoms with Crippen molar-refractivity contribution in [3.63, 3.8) is 0 Å². The lowest BCUT2D eigenvalue weighted by Crippen LogP contribution is -2.26. The molecule has 2 aromatic rings. The molecule has 92 valence electrons. The van der Waals surface area contributed by atoms with E-state index in [0.29, 0.717) is 5.28 Å². The first-order chi connectivity index (χ1) is 7.90. The van der Waals surface area contributed by atoms with Crippen molar-refractivity contribution in [1.29, 1.82) is 0 Å². The Morgan fingerprint density at radius 3 is 2.65 bits per heavy atom. The second kappa shape index (κ2) is 4.42. The molecule has 0 saturated carbocycles. The zero-order valence-corrected chi connectivity index (χ0v) is 12.0. The first kappa shape index (κ1) is 12.6. The number of nitrogens with zero attached hydrogens (tertiary/aromatic N) is 2. The van der Waals surface area contributed by atoms with Gasteiger partial charge in [-0.1, -0.05) is 6.92 Å². The topological polar surface area (TPSA) is 37.8 Å². The highest BCUT2D eigenvalue weighted by Crippen LogP contribution is 2.32. The van der Waals surface area contributed by atoms with Gasteiger partial charge < -0.3 is 5.32 Å². The van der Waals surface area contributed by atoms with Gasteiger partial charge in [-0.05, 0) is 49.7 Å². The van der Waals surface area contributed by atoms with Crippen molar-refractivity contribution in [3.8, 4) is 0 Å². The van der Waals surface area contributed by atoms with Gasteiger partial charge in [-0.3, -0.25) is 0 Å². The molecule has 0 radical (unpaired) electrons. The predicted molar refractivity (Wildman–Crippen MR) is 75.2 cm³/mol. The van der Waals surface area contributed by atoms with Crippen LogP contribution in [0.2, 0.25) is 5.28 Å². The molecule has 5 heteroatoms. The third-order valence-corrected chi connectivity index (χ3v) is 3.53. The zero-order chi connectivity index (χ0) is 12.6. The van der Waals surface area contributed by atoms with Gasteiger partial charge in [0.25, 0.3) is 0 Å². The number of aryl methyl sites for hydroxylation is 1. The van der Waals surface area contributed by atoms with Crippen LogP contribution in [0, 0.1) is 0 Å². The fourth-order valence-electron chi connectivity index (χ4n) is 1.63. The molecule has 0 aliphatic heterocycles. The summed E-state index contributed by atoms with van der Waals surface area (Å²) < 4.78 is 1.08. The highest BCUT2D eigenvalue weighted by molar-refractivity contribution is 7.18. The van der Waals surface area contributed by atoms with Crippen LogP contribution in [0.4, 0.5) is 5.82 Å². The highest BCUT2D eigenvalue weighted by Gasteiger charge is 2.16. The van der Waals surface area contributed by atoms with Crippen LogP contribution in [0.5, 0.6) is 0 Å². The Balaban J connectivity index is 2.59. The van der Waals surface area contributed by atoms with E-state index in [9.17, 15) is 0 Å². The monoisotopic (exact) mass is 269 g/mol. The Morgan fingerprint density at radius 1 is 1.35 bits per heavy atom. The second-order valence-corrected chi connectivity index (χ2v) is 6.23. The van der Waals surface area contributed by atoms with Crippen molar-refractivity contribution in [2.75, 3.05) is 5.32 Å². The summed E-state index contributed by atoms with van der Waals surface area (Å²) in [6.07, 6.45) is 0.961. The zero-order valence-electron chi connectivity index (χ0n) is 10.5. The number of anilines is 1. The smallest absolute Gasteiger partial charge is 0.224 e. The third kappa shape index (κ3) is 2.69. The molecular formula is C12H16ClN3S. The Bertz CT molecular complexity index is 542. The average Bonchev–Trinajstić information content (AvgIpc) is 2.58. The van der Waals surface area contributed by atoms with Crippen molar-refractivity contribution in [1.82, 2.24) is 9.97 Å². The van der Waals surface area contributed by atoms with Crippen molar-refractivity contribution >= 4 is 39.0 Å². The van der Waals surface area contributed by atoms with E-state index in [-0.39, 0.29) is 5.54 Å². The first-order valence-corrected chi connectivity index (χ1v) is 6.88. The van der Waals surface area contributed by atoms with Crippen LogP contribution >= 0.6 is 22.9 Å². The molecule has 0 bridgehead atoms. The van der Waals surface area contributed by atoms with E-state index >= 15 is 0 Å². The summed E-state index contributed by atoms with van der Waals surface area (Å²) in [5.41, 5.74) is 2.16. The van der Waals surface area contributed by atoms with Gasteiger partial charge in [-0.25, -0.2) is 4.98 Å². The molecule has 0 fully saturated rings. The standard InChI is InChI=1S/C12H16ClN3S/c1-5-7-6-17-9-8(7)14-11(13)15-10(9)16-12(2,3)4/h6H,5H2,1-4H3,(H,14,15,16). The molecule has 1 N–H and O–H groups in total. The fraction of sp³-hybridized carbons (Fsp3) is 0.500. The van der Waals surface area contributed by atoms with Crippen molar-refractivity contribution in [2.45, 2.75) is 39.7 Å². The Hall–Kier alpha value is -0.870. The Labute approximate surface area is 110 Å². The number of rotatable bonds is 2. The number of fused-ring (bicyclic) bond motifs is 1. The normalized spacial score (nSPS) is 12.1. The molecule has 2 heterocycles. The number of aromatic nitrogens is 2. The van der Waals surface area contributed by atoms with Crippen LogP contribution in [-0.2, 0) is 6.42 Å². The van der Waals surface area contributed by atoms with Gasteiger partial charge in [0.05, 0.1) is 10.2 Å². The summed E-state index contributed by atoms with van der Waals surface area (Å²) in [7, 11) is 0. The van der Waals surface area contributed by atoms with Gasteiger partial charge in [0.15, 0.2) is 0 Å². The van der Waals surface area contributed by atoms with E-state index in [1.165, 1.54) is 5.56 Å². The van der Waals surface area contributed by atoms with E-state index in [1.54, 1.807) is 11.3 Å². The molecule has 0 aromatic carbocycles. The number of hydrogen-bond donors (Lipinski definition) is 1. The maximum atomic E-state index is 5.98. The maximum absolute atomic E-state index is 5.98. The van der Waals surface area contributed by atoms with Crippen LogP contribution < -0.4 is 5.32 Å². The van der Waals surface area contributed by atoms with E-state index in [1.807, 2.05) is 0 Å². The van der Waals surface area contributed by atoms with Gasteiger partial charge in [0.2, 0.25) is 5.28 Å². The number of nitrogens with one attached hydrogen (secondary N) is 1. The fourth-order valence-corrected chi connectivity index (χ4v) is 2.83. The minimum Gasteiger partial charge on any atom is -0.364 e. The quantitative estimate of drug-likeness (QED) is 0.834. The number of hydrogen-bond acceptors (Lipinski definition) is 4. The summed E-state index contributed by atoms with van der Waals surface area (Å²) >= 11 is 7.65. The van der Waals surface area contributed by atoms with E-state index in [0.717, 1.165) is 22.5 Å². The number of halogens is 1.